The zero-order valence-electron chi connectivity index (χ0n) is 18.4. The molecule has 33 heavy (non-hydrogen) atoms. The number of benzene rings is 4. The molecule has 0 amide bonds. The second kappa shape index (κ2) is 8.07. The summed E-state index contributed by atoms with van der Waals surface area (Å²) < 4.78 is 2.52. The Bertz CT molecular complexity index is 1390. The van der Waals surface area contributed by atoms with Gasteiger partial charge < -0.3 is 4.48 Å². The van der Waals surface area contributed by atoms with Crippen LogP contribution in [-0.2, 0) is 0 Å². The lowest BCUT2D eigenvalue weighted by atomic mass is 9.23. The fraction of sp³-hybridized carbons (Fsp3) is 0. The van der Waals surface area contributed by atoms with Gasteiger partial charge in [0.05, 0.1) is 0 Å². The molecule has 1 aliphatic rings. The highest BCUT2D eigenvalue weighted by molar-refractivity contribution is 7.11. The number of rotatable bonds is 4. The van der Waals surface area contributed by atoms with Gasteiger partial charge in [-0.1, -0.05) is 133 Å². The average Bonchev–Trinajstić information content (AvgIpc) is 3.23. The Labute approximate surface area is 195 Å². The molecule has 5 aromatic rings. The largest absolute Gasteiger partial charge is 0.408 e. The van der Waals surface area contributed by atoms with Crippen LogP contribution in [0.1, 0.15) is 16.8 Å². The Hall–Kier alpha value is -4.17. The molecule has 0 spiro atoms. The Kier molecular flexibility index (Phi) is 4.77. The van der Waals surface area contributed by atoms with Gasteiger partial charge in [-0.15, -0.1) is 16.4 Å². The van der Waals surface area contributed by atoms with E-state index in [1.165, 1.54) is 38.8 Å². The van der Waals surface area contributed by atoms with Crippen LogP contribution in [0.4, 0.5) is 0 Å². The van der Waals surface area contributed by atoms with Crippen LogP contribution in [0.15, 0.2) is 146 Å². The molecule has 1 aliphatic heterocycles. The standard InChI is InChI=1S/C31H24BN/c1-5-15-25(16-6-1)30-29-23-13-14-24-33(29)32(27-19-9-3-10-20-27,28-21-11-4-12-22-28)31(30)26-17-7-2-8-18-26/h1-24H. The van der Waals surface area contributed by atoms with Crippen LogP contribution in [0.3, 0.4) is 0 Å². The van der Waals surface area contributed by atoms with E-state index in [4.69, 9.17) is 0 Å². The molecule has 4 aromatic carbocycles. The first-order valence-electron chi connectivity index (χ1n) is 11.5. The highest BCUT2D eigenvalue weighted by Crippen LogP contribution is 2.40. The van der Waals surface area contributed by atoms with Crippen molar-refractivity contribution in [1.82, 2.24) is 0 Å². The summed E-state index contributed by atoms with van der Waals surface area (Å²) in [6, 6.07) is 50.3. The lowest BCUT2D eigenvalue weighted by Crippen LogP contribution is -2.78. The predicted octanol–water partition coefficient (Wildman–Crippen LogP) is 5.09. The minimum absolute atomic E-state index is 1.24. The molecule has 2 heterocycles. The van der Waals surface area contributed by atoms with Crippen molar-refractivity contribution in [1.29, 1.82) is 0 Å². The van der Waals surface area contributed by atoms with Crippen LogP contribution in [0.2, 0.25) is 0 Å². The molecule has 0 unspecified atom stereocenters. The average molecular weight is 421 g/mol. The first kappa shape index (κ1) is 19.5. The van der Waals surface area contributed by atoms with Gasteiger partial charge in [-0.3, -0.25) is 0 Å². The van der Waals surface area contributed by atoms with Gasteiger partial charge in [-0.25, -0.2) is 0 Å². The smallest absolute Gasteiger partial charge is 0.361 e. The summed E-state index contributed by atoms with van der Waals surface area (Å²) in [6.45, 7) is 0. The van der Waals surface area contributed by atoms with Gasteiger partial charge >= 0.3 is 6.28 Å². The maximum atomic E-state index is 2.52. The Balaban J connectivity index is 1.85. The number of hydrogen-bond donors (Lipinski definition) is 0. The predicted molar refractivity (Wildman–Crippen MR) is 139 cm³/mol. The fourth-order valence-corrected chi connectivity index (χ4v) is 5.71. The molecular formula is C31H24BN. The van der Waals surface area contributed by atoms with Gasteiger partial charge in [0.15, 0.2) is 5.69 Å². The van der Waals surface area contributed by atoms with Gasteiger partial charge in [0.25, 0.3) is 0 Å². The monoisotopic (exact) mass is 421 g/mol. The van der Waals surface area contributed by atoms with Crippen LogP contribution in [0.5, 0.6) is 0 Å². The van der Waals surface area contributed by atoms with Crippen LogP contribution >= 0.6 is 0 Å². The first-order valence-corrected chi connectivity index (χ1v) is 11.5. The highest BCUT2D eigenvalue weighted by atomic mass is 14.9. The third-order valence-electron chi connectivity index (χ3n) is 6.96. The highest BCUT2D eigenvalue weighted by Gasteiger charge is 2.51. The Morgan fingerprint density at radius 2 is 0.879 bits per heavy atom. The molecule has 0 fully saturated rings. The first-order chi connectivity index (χ1) is 16.4. The molecule has 0 aliphatic carbocycles. The van der Waals surface area contributed by atoms with Crippen molar-refractivity contribution < 1.29 is 4.48 Å². The Morgan fingerprint density at radius 1 is 0.424 bits per heavy atom. The second-order valence-electron chi connectivity index (χ2n) is 8.66. The van der Waals surface area contributed by atoms with Crippen molar-refractivity contribution in [3.05, 3.63) is 163 Å². The lowest BCUT2D eigenvalue weighted by Gasteiger charge is -2.35. The van der Waals surface area contributed by atoms with E-state index in [1.807, 2.05) is 0 Å². The number of fused-ring (bicyclic) bond motifs is 1. The summed E-state index contributed by atoms with van der Waals surface area (Å²) in [7, 11) is 0. The third kappa shape index (κ3) is 2.99. The molecule has 0 saturated carbocycles. The lowest BCUT2D eigenvalue weighted by molar-refractivity contribution is -0.539. The van der Waals surface area contributed by atoms with Crippen molar-refractivity contribution in [2.75, 3.05) is 0 Å². The molecule has 0 N–H and O–H groups in total. The maximum absolute atomic E-state index is 2.52. The van der Waals surface area contributed by atoms with E-state index in [9.17, 15) is 0 Å². The van der Waals surface area contributed by atoms with E-state index >= 15 is 0 Å². The maximum Gasteiger partial charge on any atom is 0.361 e. The summed E-state index contributed by atoms with van der Waals surface area (Å²) in [6.07, 6.45) is 0.805. The van der Waals surface area contributed by atoms with E-state index < -0.39 is 6.28 Å². The summed E-state index contributed by atoms with van der Waals surface area (Å²) in [5.41, 5.74) is 9.03. The third-order valence-corrected chi connectivity index (χ3v) is 6.96. The SMILES string of the molecule is c1ccc(C2=C(c3ccccc3)[B-](c3ccccc3)(c3ccccc3)[n+]3ccccc32)cc1. The number of nitrogens with zero attached hydrogens (tertiary/aromatic N) is 1. The van der Waals surface area contributed by atoms with E-state index in [2.05, 4.69) is 150 Å². The quantitative estimate of drug-likeness (QED) is 0.356. The molecule has 6 rings (SSSR count). The van der Waals surface area contributed by atoms with Crippen molar-refractivity contribution in [2.45, 2.75) is 0 Å². The molecule has 2 heteroatoms. The molecule has 156 valence electrons. The number of pyridine rings is 1. The van der Waals surface area contributed by atoms with Crippen molar-refractivity contribution in [3.8, 4) is 0 Å². The van der Waals surface area contributed by atoms with Crippen LogP contribution < -0.4 is 15.4 Å². The molecular weight excluding hydrogens is 397 g/mol. The Morgan fingerprint density at radius 3 is 1.42 bits per heavy atom. The van der Waals surface area contributed by atoms with E-state index in [-0.39, 0.29) is 0 Å². The molecule has 0 bridgehead atoms. The number of hydrogen-bond acceptors (Lipinski definition) is 0. The summed E-state index contributed by atoms with van der Waals surface area (Å²) in [4.78, 5) is 0. The van der Waals surface area contributed by atoms with Crippen LogP contribution in [0.25, 0.3) is 11.0 Å². The normalized spacial score (nSPS) is 14.2. The molecule has 0 radical (unpaired) electrons. The summed E-state index contributed by atoms with van der Waals surface area (Å²) >= 11 is 0. The number of aromatic nitrogens is 1. The van der Waals surface area contributed by atoms with E-state index in [0.29, 0.717) is 0 Å². The van der Waals surface area contributed by atoms with E-state index in [1.54, 1.807) is 0 Å². The minimum atomic E-state index is -1.45. The van der Waals surface area contributed by atoms with E-state index in [0.717, 1.165) is 0 Å². The molecule has 1 nitrogen and oxygen atoms in total. The van der Waals surface area contributed by atoms with Gasteiger partial charge in [-0.2, -0.15) is 0 Å². The fourth-order valence-electron chi connectivity index (χ4n) is 5.71. The molecule has 0 saturated heterocycles. The zero-order valence-corrected chi connectivity index (χ0v) is 18.4. The topological polar surface area (TPSA) is 3.88 Å². The second-order valence-corrected chi connectivity index (χ2v) is 8.66. The van der Waals surface area contributed by atoms with Gasteiger partial charge in [0, 0.05) is 11.6 Å². The summed E-state index contributed by atoms with van der Waals surface area (Å²) in [5.74, 6) is 0. The van der Waals surface area contributed by atoms with Crippen molar-refractivity contribution in [2.24, 2.45) is 0 Å². The zero-order chi connectivity index (χ0) is 22.1. The van der Waals surface area contributed by atoms with Gasteiger partial charge in [-0.05, 0) is 11.6 Å². The summed E-state index contributed by atoms with van der Waals surface area (Å²) in [5, 5.41) is 0. The minimum Gasteiger partial charge on any atom is -0.408 e. The van der Waals surface area contributed by atoms with Crippen molar-refractivity contribution >= 4 is 28.3 Å². The van der Waals surface area contributed by atoms with Crippen LogP contribution in [-0.4, -0.2) is 6.28 Å². The molecule has 1 aromatic heterocycles. The van der Waals surface area contributed by atoms with Gasteiger partial charge in [0.2, 0.25) is 0 Å². The van der Waals surface area contributed by atoms with Gasteiger partial charge in [0.1, 0.15) is 6.20 Å². The van der Waals surface area contributed by atoms with Crippen LogP contribution in [0, 0.1) is 0 Å². The van der Waals surface area contributed by atoms with Crippen molar-refractivity contribution in [3.63, 3.8) is 0 Å². The molecule has 0 atom stereocenters.